The van der Waals surface area contributed by atoms with Crippen molar-refractivity contribution in [1.29, 1.82) is 0 Å². The number of carbonyl (C=O) groups is 1. The topological polar surface area (TPSA) is 37.3 Å². The van der Waals surface area contributed by atoms with Crippen molar-refractivity contribution in [2.45, 2.75) is 180 Å². The zero-order valence-electron chi connectivity index (χ0n) is 22.2. The van der Waals surface area contributed by atoms with Gasteiger partial charge < -0.3 is 5.11 Å². The second kappa shape index (κ2) is 28.7. The Hall–Kier alpha value is -0.370. The highest BCUT2D eigenvalue weighted by Gasteiger charge is 2.02. The zero-order chi connectivity index (χ0) is 23.4. The first-order valence-corrected chi connectivity index (χ1v) is 14.9. The molecule has 0 atom stereocenters. The van der Waals surface area contributed by atoms with E-state index in [0.717, 1.165) is 32.1 Å². The fourth-order valence-electron chi connectivity index (χ4n) is 4.67. The summed E-state index contributed by atoms with van der Waals surface area (Å²) in [5.74, 6) is 0.503. The number of hydrogen-bond donors (Lipinski definition) is 1. The van der Waals surface area contributed by atoms with Crippen LogP contribution in [-0.4, -0.2) is 17.5 Å². The van der Waals surface area contributed by atoms with Crippen LogP contribution >= 0.6 is 0 Å². The van der Waals surface area contributed by atoms with E-state index in [0.29, 0.717) is 12.4 Å². The summed E-state index contributed by atoms with van der Waals surface area (Å²) in [5, 5.41) is 8.75. The second-order valence-corrected chi connectivity index (χ2v) is 10.2. The van der Waals surface area contributed by atoms with E-state index < -0.39 is 0 Å². The summed E-state index contributed by atoms with van der Waals surface area (Å²) in [6.07, 6.45) is 34.8. The molecule has 0 amide bonds. The molecular weight excluding hydrogens is 392 g/mol. The molecular formula is C30H60O2. The molecule has 0 radical (unpaired) electrons. The van der Waals surface area contributed by atoms with Gasteiger partial charge in [-0.3, -0.25) is 4.79 Å². The normalized spacial score (nSPS) is 11.3. The van der Waals surface area contributed by atoms with E-state index in [9.17, 15) is 4.79 Å². The zero-order valence-corrected chi connectivity index (χ0v) is 22.2. The number of ketones is 1. The monoisotopic (exact) mass is 452 g/mol. The predicted molar refractivity (Wildman–Crippen MR) is 142 cm³/mol. The Labute approximate surface area is 202 Å². The minimum absolute atomic E-state index is 0.345. The Balaban J connectivity index is 3.13. The maximum absolute atomic E-state index is 12.0. The summed E-state index contributed by atoms with van der Waals surface area (Å²) >= 11 is 0. The molecule has 0 saturated carbocycles. The van der Waals surface area contributed by atoms with Gasteiger partial charge in [0.2, 0.25) is 0 Å². The maximum Gasteiger partial charge on any atom is 0.132 e. The third-order valence-corrected chi connectivity index (χ3v) is 6.92. The lowest BCUT2D eigenvalue weighted by Crippen LogP contribution is -1.97. The van der Waals surface area contributed by atoms with Gasteiger partial charge in [-0.2, -0.15) is 0 Å². The molecule has 0 aliphatic heterocycles. The van der Waals surface area contributed by atoms with Crippen LogP contribution in [0.1, 0.15) is 180 Å². The molecule has 0 bridgehead atoms. The van der Waals surface area contributed by atoms with Gasteiger partial charge in [0, 0.05) is 19.4 Å². The van der Waals surface area contributed by atoms with Gasteiger partial charge in [0.25, 0.3) is 0 Å². The molecule has 32 heavy (non-hydrogen) atoms. The van der Waals surface area contributed by atoms with E-state index in [1.165, 1.54) is 141 Å². The van der Waals surface area contributed by atoms with Gasteiger partial charge in [-0.05, 0) is 19.3 Å². The molecule has 0 spiro atoms. The van der Waals surface area contributed by atoms with Gasteiger partial charge in [-0.1, -0.05) is 148 Å². The van der Waals surface area contributed by atoms with Crippen molar-refractivity contribution < 1.29 is 9.90 Å². The van der Waals surface area contributed by atoms with Crippen LogP contribution in [0.4, 0.5) is 0 Å². The van der Waals surface area contributed by atoms with Gasteiger partial charge in [0.15, 0.2) is 0 Å². The molecule has 0 aromatic heterocycles. The molecule has 0 saturated heterocycles. The van der Waals surface area contributed by atoms with E-state index in [-0.39, 0.29) is 0 Å². The number of rotatable bonds is 28. The summed E-state index contributed by atoms with van der Waals surface area (Å²) in [6, 6.07) is 0. The Morgan fingerprint density at radius 1 is 0.406 bits per heavy atom. The van der Waals surface area contributed by atoms with E-state index in [1.807, 2.05) is 0 Å². The van der Waals surface area contributed by atoms with Gasteiger partial charge in [-0.25, -0.2) is 0 Å². The maximum atomic E-state index is 12.0. The predicted octanol–water partition coefficient (Wildman–Crippen LogP) is 10.1. The molecule has 0 aromatic rings. The molecule has 0 heterocycles. The molecule has 2 nitrogen and oxygen atoms in total. The van der Waals surface area contributed by atoms with Crippen LogP contribution in [0.2, 0.25) is 0 Å². The Bertz CT molecular complexity index is 353. The van der Waals surface area contributed by atoms with Crippen LogP contribution in [0, 0.1) is 0 Å². The lowest BCUT2D eigenvalue weighted by molar-refractivity contribution is -0.119. The van der Waals surface area contributed by atoms with Crippen LogP contribution < -0.4 is 0 Å². The van der Waals surface area contributed by atoms with E-state index in [4.69, 9.17) is 5.11 Å². The van der Waals surface area contributed by atoms with Crippen molar-refractivity contribution in [2.24, 2.45) is 0 Å². The van der Waals surface area contributed by atoms with Crippen LogP contribution in [-0.2, 0) is 4.79 Å². The summed E-state index contributed by atoms with van der Waals surface area (Å²) in [6.45, 7) is 2.63. The third kappa shape index (κ3) is 27.7. The smallest absolute Gasteiger partial charge is 0.132 e. The molecule has 1 N–H and O–H groups in total. The summed E-state index contributed by atoms with van der Waals surface area (Å²) in [7, 11) is 0. The number of carbonyl (C=O) groups excluding carboxylic acids is 1. The molecule has 0 aliphatic rings. The highest BCUT2D eigenvalue weighted by Crippen LogP contribution is 2.15. The first kappa shape index (κ1) is 31.6. The van der Waals surface area contributed by atoms with Crippen molar-refractivity contribution >= 4 is 5.78 Å². The van der Waals surface area contributed by atoms with Gasteiger partial charge in [0.1, 0.15) is 5.78 Å². The first-order chi connectivity index (χ1) is 15.8. The number of aliphatic hydroxyl groups excluding tert-OH is 1. The molecule has 0 aliphatic carbocycles. The van der Waals surface area contributed by atoms with Crippen molar-refractivity contribution in [3.05, 3.63) is 0 Å². The van der Waals surface area contributed by atoms with Crippen molar-refractivity contribution in [2.75, 3.05) is 6.61 Å². The summed E-state index contributed by atoms with van der Waals surface area (Å²) < 4.78 is 0. The van der Waals surface area contributed by atoms with Gasteiger partial charge in [0.05, 0.1) is 0 Å². The average Bonchev–Trinajstić information content (AvgIpc) is 2.80. The first-order valence-electron chi connectivity index (χ1n) is 14.9. The minimum atomic E-state index is 0.345. The lowest BCUT2D eigenvalue weighted by atomic mass is 10.0. The molecule has 0 aromatic carbocycles. The Morgan fingerprint density at radius 3 is 0.938 bits per heavy atom. The number of Topliss-reactive ketones (excluding diaryl/α,β-unsaturated/α-hetero) is 1. The van der Waals surface area contributed by atoms with E-state index >= 15 is 0 Å². The standard InChI is InChI=1S/C30H60O2/c1-2-3-4-5-6-7-8-9-10-11-12-15-18-21-24-27-30(32)28-25-22-19-16-13-14-17-20-23-26-29-31/h31H,2-29H2,1H3. The number of unbranched alkanes of at least 4 members (excludes halogenated alkanes) is 23. The highest BCUT2D eigenvalue weighted by atomic mass is 16.2. The SMILES string of the molecule is CCCCCCCCCCCCCCCCCC(=O)CCCCCCCCCCCCO. The van der Waals surface area contributed by atoms with Crippen LogP contribution in [0.3, 0.4) is 0 Å². The van der Waals surface area contributed by atoms with E-state index in [1.54, 1.807) is 0 Å². The largest absolute Gasteiger partial charge is 0.396 e. The molecule has 0 fully saturated rings. The lowest BCUT2D eigenvalue weighted by Gasteiger charge is -2.04. The van der Waals surface area contributed by atoms with Crippen molar-refractivity contribution in [3.63, 3.8) is 0 Å². The van der Waals surface area contributed by atoms with Crippen molar-refractivity contribution in [1.82, 2.24) is 0 Å². The van der Waals surface area contributed by atoms with Crippen LogP contribution in [0.15, 0.2) is 0 Å². The molecule has 0 unspecified atom stereocenters. The fourth-order valence-corrected chi connectivity index (χ4v) is 4.67. The van der Waals surface area contributed by atoms with Gasteiger partial charge in [-0.15, -0.1) is 0 Å². The molecule has 192 valence electrons. The Kier molecular flexibility index (Phi) is 28.3. The summed E-state index contributed by atoms with van der Waals surface area (Å²) in [4.78, 5) is 12.0. The van der Waals surface area contributed by atoms with Crippen molar-refractivity contribution in [3.8, 4) is 0 Å². The summed E-state index contributed by atoms with van der Waals surface area (Å²) in [5.41, 5.74) is 0. The average molecular weight is 453 g/mol. The third-order valence-electron chi connectivity index (χ3n) is 6.92. The second-order valence-electron chi connectivity index (χ2n) is 10.2. The molecule has 2 heteroatoms. The Morgan fingerprint density at radius 2 is 0.656 bits per heavy atom. The quantitative estimate of drug-likeness (QED) is 0.120. The molecule has 0 rings (SSSR count). The van der Waals surface area contributed by atoms with Crippen LogP contribution in [0.25, 0.3) is 0 Å². The van der Waals surface area contributed by atoms with E-state index in [2.05, 4.69) is 6.92 Å². The fraction of sp³-hybridized carbons (Fsp3) is 0.967. The minimum Gasteiger partial charge on any atom is -0.396 e. The number of hydrogen-bond acceptors (Lipinski definition) is 2. The highest BCUT2D eigenvalue weighted by molar-refractivity contribution is 5.78. The van der Waals surface area contributed by atoms with Crippen LogP contribution in [0.5, 0.6) is 0 Å². The number of aliphatic hydroxyl groups is 1. The van der Waals surface area contributed by atoms with Gasteiger partial charge >= 0.3 is 0 Å².